The maximum absolute atomic E-state index is 5.99. The normalized spacial score (nSPS) is 24.6. The van der Waals surface area contributed by atoms with Gasteiger partial charge in [-0.3, -0.25) is 0 Å². The second-order valence-electron chi connectivity index (χ2n) is 4.33. The Bertz CT molecular complexity index is 384. The third-order valence-corrected chi connectivity index (χ3v) is 3.52. The molecule has 4 heteroatoms. The number of hydrogen-bond acceptors (Lipinski definition) is 3. The molecule has 0 bridgehead atoms. The minimum absolute atomic E-state index is 0.0642. The van der Waals surface area contributed by atoms with Crippen LogP contribution in [0.1, 0.15) is 12.0 Å². The summed E-state index contributed by atoms with van der Waals surface area (Å²) in [4.78, 5) is 0. The quantitative estimate of drug-likeness (QED) is 0.900. The third-order valence-electron chi connectivity index (χ3n) is 3.09. The molecule has 3 nitrogen and oxygen atoms in total. The van der Waals surface area contributed by atoms with Crippen molar-refractivity contribution in [3.05, 3.63) is 28.8 Å². The molecule has 17 heavy (non-hydrogen) atoms. The molecule has 2 unspecified atom stereocenters. The molecule has 1 N–H and O–H groups in total. The van der Waals surface area contributed by atoms with E-state index < -0.39 is 0 Å². The van der Waals surface area contributed by atoms with E-state index in [1.54, 1.807) is 0 Å². The molecule has 1 aromatic carbocycles. The average Bonchev–Trinajstić information content (AvgIpc) is 2.34. The molecule has 1 saturated heterocycles. The number of rotatable bonds is 3. The zero-order chi connectivity index (χ0) is 12.3. The second-order valence-corrected chi connectivity index (χ2v) is 4.73. The molecule has 1 aliphatic rings. The van der Waals surface area contributed by atoms with Crippen LogP contribution >= 0.6 is 11.6 Å². The number of hydrogen-bond donors (Lipinski definition) is 1. The van der Waals surface area contributed by atoms with E-state index in [1.807, 2.05) is 32.2 Å². The SMILES string of the molecule is CNC1CCOCC1Oc1ccc(Cl)c(C)c1. The monoisotopic (exact) mass is 255 g/mol. The van der Waals surface area contributed by atoms with Crippen molar-refractivity contribution in [1.29, 1.82) is 0 Å². The second kappa shape index (κ2) is 5.71. The van der Waals surface area contributed by atoms with Crippen LogP contribution in [0.4, 0.5) is 0 Å². The third kappa shape index (κ3) is 3.12. The van der Waals surface area contributed by atoms with Crippen molar-refractivity contribution in [3.8, 4) is 5.75 Å². The molecule has 0 saturated carbocycles. The molecule has 0 radical (unpaired) electrons. The van der Waals surface area contributed by atoms with Gasteiger partial charge in [0.1, 0.15) is 11.9 Å². The number of likely N-dealkylation sites (N-methyl/N-ethyl adjacent to an activating group) is 1. The van der Waals surface area contributed by atoms with Gasteiger partial charge >= 0.3 is 0 Å². The van der Waals surface area contributed by atoms with Crippen LogP contribution < -0.4 is 10.1 Å². The Kier molecular flexibility index (Phi) is 4.26. The molecule has 2 rings (SSSR count). The first kappa shape index (κ1) is 12.7. The first-order valence-electron chi connectivity index (χ1n) is 5.88. The minimum atomic E-state index is 0.0642. The minimum Gasteiger partial charge on any atom is -0.486 e. The van der Waals surface area contributed by atoms with Crippen LogP contribution in [0.15, 0.2) is 18.2 Å². The molecule has 0 spiro atoms. The standard InChI is InChI=1S/C13H18ClNO2/c1-9-7-10(3-4-11(9)14)17-13-8-16-6-5-12(13)15-2/h3-4,7,12-13,15H,5-6,8H2,1-2H3. The van der Waals surface area contributed by atoms with Gasteiger partial charge in [0.25, 0.3) is 0 Å². The Labute approximate surface area is 107 Å². The van der Waals surface area contributed by atoms with E-state index in [0.717, 1.165) is 29.4 Å². The summed E-state index contributed by atoms with van der Waals surface area (Å²) >= 11 is 5.99. The molecule has 2 atom stereocenters. The summed E-state index contributed by atoms with van der Waals surface area (Å²) in [6.07, 6.45) is 1.04. The van der Waals surface area contributed by atoms with Crippen molar-refractivity contribution < 1.29 is 9.47 Å². The van der Waals surface area contributed by atoms with Crippen molar-refractivity contribution in [2.24, 2.45) is 0 Å². The van der Waals surface area contributed by atoms with Gasteiger partial charge in [0.05, 0.1) is 6.61 Å². The number of nitrogens with one attached hydrogen (secondary N) is 1. The van der Waals surface area contributed by atoms with Crippen LogP contribution in [0.5, 0.6) is 5.75 Å². The fraction of sp³-hybridized carbons (Fsp3) is 0.538. The zero-order valence-electron chi connectivity index (χ0n) is 10.2. The Morgan fingerprint density at radius 3 is 3.00 bits per heavy atom. The Morgan fingerprint density at radius 2 is 2.29 bits per heavy atom. The maximum atomic E-state index is 5.99. The number of aryl methyl sites for hydroxylation is 1. The predicted molar refractivity (Wildman–Crippen MR) is 68.9 cm³/mol. The molecule has 1 aromatic rings. The molecular weight excluding hydrogens is 238 g/mol. The van der Waals surface area contributed by atoms with Gasteiger partial charge in [-0.2, -0.15) is 0 Å². The van der Waals surface area contributed by atoms with Gasteiger partial charge in [-0.05, 0) is 44.2 Å². The summed E-state index contributed by atoms with van der Waals surface area (Å²) in [5.41, 5.74) is 1.03. The Hall–Kier alpha value is -0.770. The number of benzene rings is 1. The van der Waals surface area contributed by atoms with Crippen LogP contribution in [0.2, 0.25) is 5.02 Å². The molecule has 1 heterocycles. The number of halogens is 1. The van der Waals surface area contributed by atoms with Gasteiger partial charge in [-0.1, -0.05) is 11.6 Å². The summed E-state index contributed by atoms with van der Waals surface area (Å²) in [6, 6.07) is 6.07. The van der Waals surface area contributed by atoms with Crippen LogP contribution in [0.3, 0.4) is 0 Å². The van der Waals surface area contributed by atoms with Crippen LogP contribution in [-0.4, -0.2) is 32.4 Å². The molecule has 1 fully saturated rings. The van der Waals surface area contributed by atoms with Crippen molar-refractivity contribution in [2.45, 2.75) is 25.5 Å². The summed E-state index contributed by atoms with van der Waals surface area (Å²) in [7, 11) is 1.96. The zero-order valence-corrected chi connectivity index (χ0v) is 11.0. The molecule has 1 aliphatic heterocycles. The van der Waals surface area contributed by atoms with Crippen molar-refractivity contribution in [3.63, 3.8) is 0 Å². The lowest BCUT2D eigenvalue weighted by Gasteiger charge is -2.31. The summed E-state index contributed by atoms with van der Waals surface area (Å²) in [6.45, 7) is 3.40. The van der Waals surface area contributed by atoms with E-state index in [1.165, 1.54) is 0 Å². The fourth-order valence-electron chi connectivity index (χ4n) is 2.02. The van der Waals surface area contributed by atoms with E-state index in [0.29, 0.717) is 12.6 Å². The first-order valence-corrected chi connectivity index (χ1v) is 6.26. The highest BCUT2D eigenvalue weighted by molar-refractivity contribution is 6.31. The molecule has 0 aromatic heterocycles. The Balaban J connectivity index is 2.05. The smallest absolute Gasteiger partial charge is 0.137 e. The van der Waals surface area contributed by atoms with E-state index in [2.05, 4.69) is 5.32 Å². The topological polar surface area (TPSA) is 30.5 Å². The highest BCUT2D eigenvalue weighted by Crippen LogP contribution is 2.23. The molecule has 94 valence electrons. The van der Waals surface area contributed by atoms with Crippen molar-refractivity contribution in [1.82, 2.24) is 5.32 Å². The average molecular weight is 256 g/mol. The predicted octanol–water partition coefficient (Wildman–Crippen LogP) is 2.40. The van der Waals surface area contributed by atoms with Crippen LogP contribution in [0.25, 0.3) is 0 Å². The highest BCUT2D eigenvalue weighted by Gasteiger charge is 2.26. The van der Waals surface area contributed by atoms with Crippen molar-refractivity contribution >= 4 is 11.6 Å². The van der Waals surface area contributed by atoms with Crippen molar-refractivity contribution in [2.75, 3.05) is 20.3 Å². The molecule has 0 amide bonds. The molecular formula is C13H18ClNO2. The van der Waals surface area contributed by atoms with Gasteiger partial charge in [-0.25, -0.2) is 0 Å². The lowest BCUT2D eigenvalue weighted by atomic mass is 10.1. The van der Waals surface area contributed by atoms with E-state index in [-0.39, 0.29) is 6.10 Å². The van der Waals surface area contributed by atoms with Gasteiger partial charge in [-0.15, -0.1) is 0 Å². The lowest BCUT2D eigenvalue weighted by molar-refractivity contribution is -0.0129. The van der Waals surface area contributed by atoms with Crippen LogP contribution in [-0.2, 0) is 4.74 Å². The first-order chi connectivity index (χ1) is 8.20. The maximum Gasteiger partial charge on any atom is 0.137 e. The largest absolute Gasteiger partial charge is 0.486 e. The Morgan fingerprint density at radius 1 is 1.47 bits per heavy atom. The van der Waals surface area contributed by atoms with Crippen LogP contribution in [0, 0.1) is 6.92 Å². The van der Waals surface area contributed by atoms with E-state index in [4.69, 9.17) is 21.1 Å². The van der Waals surface area contributed by atoms with Gasteiger partial charge in [0.15, 0.2) is 0 Å². The van der Waals surface area contributed by atoms with Gasteiger partial charge in [0, 0.05) is 17.7 Å². The summed E-state index contributed by atoms with van der Waals surface area (Å²) < 4.78 is 11.4. The molecule has 0 aliphatic carbocycles. The fourth-order valence-corrected chi connectivity index (χ4v) is 2.14. The summed E-state index contributed by atoms with van der Waals surface area (Å²) in [5.74, 6) is 0.850. The lowest BCUT2D eigenvalue weighted by Crippen LogP contribution is -2.48. The highest BCUT2D eigenvalue weighted by atomic mass is 35.5. The van der Waals surface area contributed by atoms with E-state index >= 15 is 0 Å². The van der Waals surface area contributed by atoms with E-state index in [9.17, 15) is 0 Å². The number of ether oxygens (including phenoxy) is 2. The van der Waals surface area contributed by atoms with Gasteiger partial charge < -0.3 is 14.8 Å². The summed E-state index contributed by atoms with van der Waals surface area (Å²) in [5, 5.41) is 4.04. The van der Waals surface area contributed by atoms with Gasteiger partial charge in [0.2, 0.25) is 0 Å².